The van der Waals surface area contributed by atoms with Gasteiger partial charge in [0.1, 0.15) is 5.75 Å². The molecule has 0 aliphatic heterocycles. The Morgan fingerprint density at radius 3 is 2.52 bits per heavy atom. The van der Waals surface area contributed by atoms with Gasteiger partial charge in [0.15, 0.2) is 6.54 Å². The molecule has 3 rings (SSSR count). The summed E-state index contributed by atoms with van der Waals surface area (Å²) in [6.07, 6.45) is 1.44. The molecule has 29 heavy (non-hydrogen) atoms. The van der Waals surface area contributed by atoms with Crippen LogP contribution in [0.25, 0.3) is 0 Å². The van der Waals surface area contributed by atoms with Crippen molar-refractivity contribution < 1.29 is 19.3 Å². The predicted octanol–water partition coefficient (Wildman–Crippen LogP) is -0.0257. The van der Waals surface area contributed by atoms with Gasteiger partial charge in [0, 0.05) is 23.3 Å². The van der Waals surface area contributed by atoms with E-state index in [-0.39, 0.29) is 18.0 Å². The highest BCUT2D eigenvalue weighted by atomic mass is 16.5. The van der Waals surface area contributed by atoms with Crippen LogP contribution in [0.1, 0.15) is 21.6 Å². The second kappa shape index (κ2) is 8.79. The van der Waals surface area contributed by atoms with Crippen LogP contribution in [0.5, 0.6) is 5.75 Å². The maximum atomic E-state index is 12.6. The minimum absolute atomic E-state index is 0.235. The Hall–Kier alpha value is -4.01. The Morgan fingerprint density at radius 2 is 1.90 bits per heavy atom. The summed E-state index contributed by atoms with van der Waals surface area (Å²) in [6, 6.07) is 15.6. The number of Topliss-reactive ketones (excluding diaryl/α,β-unsaturated/α-hetero) is 1. The zero-order valence-corrected chi connectivity index (χ0v) is 15.9. The van der Waals surface area contributed by atoms with E-state index in [2.05, 4.69) is 15.3 Å². The van der Waals surface area contributed by atoms with Gasteiger partial charge in [-0.05, 0) is 29.8 Å². The quantitative estimate of drug-likeness (QED) is 0.263. The first kappa shape index (κ1) is 19.7. The van der Waals surface area contributed by atoms with Gasteiger partial charge in [-0.15, -0.1) is 4.68 Å². The molecule has 9 heteroatoms. The Labute approximate surface area is 166 Å². The zero-order valence-electron chi connectivity index (χ0n) is 15.9. The number of aromatic amines is 1. The van der Waals surface area contributed by atoms with Crippen molar-refractivity contribution in [2.75, 3.05) is 14.2 Å². The molecule has 148 valence electrons. The molecule has 1 aromatic heterocycles. The van der Waals surface area contributed by atoms with Crippen molar-refractivity contribution in [3.8, 4) is 5.75 Å². The molecular weight excluding hydrogens is 374 g/mol. The van der Waals surface area contributed by atoms with E-state index in [1.54, 1.807) is 61.7 Å². The van der Waals surface area contributed by atoms with Crippen molar-refractivity contribution in [1.82, 2.24) is 10.0 Å². The zero-order chi connectivity index (χ0) is 20.8. The van der Waals surface area contributed by atoms with Crippen LogP contribution in [0.4, 0.5) is 0 Å². The lowest BCUT2D eigenvalue weighted by Crippen LogP contribution is -2.48. The van der Waals surface area contributed by atoms with Gasteiger partial charge in [-0.2, -0.15) is 0 Å². The highest BCUT2D eigenvalue weighted by Gasteiger charge is 2.24. The van der Waals surface area contributed by atoms with Crippen molar-refractivity contribution >= 4 is 17.9 Å². The second-order valence-corrected chi connectivity index (χ2v) is 5.99. The number of nitrogens with zero attached hydrogens (tertiary/aromatic N) is 4. The first-order valence-electron chi connectivity index (χ1n) is 8.69. The van der Waals surface area contributed by atoms with E-state index in [9.17, 15) is 14.7 Å². The Morgan fingerprint density at radius 1 is 1.21 bits per heavy atom. The molecule has 3 aromatic rings. The molecule has 0 saturated heterocycles. The molecule has 1 N–H and O–H groups in total. The van der Waals surface area contributed by atoms with E-state index in [1.807, 2.05) is 0 Å². The van der Waals surface area contributed by atoms with Gasteiger partial charge in [-0.1, -0.05) is 40.6 Å². The van der Waals surface area contributed by atoms with Crippen molar-refractivity contribution in [2.24, 2.45) is 10.1 Å². The molecule has 0 atom stereocenters. The highest BCUT2D eigenvalue weighted by Crippen LogP contribution is 2.09. The van der Waals surface area contributed by atoms with Crippen LogP contribution < -0.4 is 20.1 Å². The van der Waals surface area contributed by atoms with Crippen molar-refractivity contribution in [1.29, 1.82) is 0 Å². The van der Waals surface area contributed by atoms with E-state index in [0.29, 0.717) is 16.9 Å². The van der Waals surface area contributed by atoms with Crippen LogP contribution in [0.2, 0.25) is 0 Å². The number of ether oxygens (including phenoxy) is 1. The summed E-state index contributed by atoms with van der Waals surface area (Å²) in [5, 5.41) is 18.9. The summed E-state index contributed by atoms with van der Waals surface area (Å²) in [5.74, 6) is -0.326. The largest absolute Gasteiger partial charge is 0.856 e. The smallest absolute Gasteiger partial charge is 0.427 e. The lowest BCUT2D eigenvalue weighted by molar-refractivity contribution is -0.745. The van der Waals surface area contributed by atoms with Crippen LogP contribution in [0.3, 0.4) is 0 Å². The number of aromatic nitrogens is 3. The summed E-state index contributed by atoms with van der Waals surface area (Å²) in [7, 11) is 2.84. The van der Waals surface area contributed by atoms with Gasteiger partial charge in [-0.25, -0.2) is 4.79 Å². The number of carbonyl (C=O) groups is 1. The van der Waals surface area contributed by atoms with Gasteiger partial charge >= 0.3 is 5.56 Å². The molecule has 0 fully saturated rings. The minimum atomic E-state index is -0.745. The summed E-state index contributed by atoms with van der Waals surface area (Å²) < 4.78 is 6.24. The molecule has 9 nitrogen and oxygen atoms in total. The minimum Gasteiger partial charge on any atom is -0.856 e. The maximum absolute atomic E-state index is 12.6. The van der Waals surface area contributed by atoms with E-state index in [0.717, 1.165) is 9.47 Å². The fourth-order valence-electron chi connectivity index (χ4n) is 2.60. The molecule has 1 heterocycles. The second-order valence-electron chi connectivity index (χ2n) is 5.99. The number of H-pyrrole nitrogens is 1. The summed E-state index contributed by atoms with van der Waals surface area (Å²) in [5.41, 5.74) is 0.198. The number of nitrogens with one attached hydrogen (secondary N) is 1. The molecule has 2 aromatic carbocycles. The third kappa shape index (κ3) is 4.46. The first-order valence-corrected chi connectivity index (χ1v) is 8.69. The van der Waals surface area contributed by atoms with Crippen LogP contribution in [0.15, 0.2) is 69.5 Å². The van der Waals surface area contributed by atoms with Crippen LogP contribution in [-0.4, -0.2) is 42.1 Å². The average molecular weight is 393 g/mol. The fourth-order valence-corrected chi connectivity index (χ4v) is 2.60. The number of rotatable bonds is 7. The molecular formula is C20H19N5O4. The third-order valence-electron chi connectivity index (χ3n) is 4.12. The first-order chi connectivity index (χ1) is 14.0. The van der Waals surface area contributed by atoms with Gasteiger partial charge < -0.3 is 9.84 Å². The monoisotopic (exact) mass is 393 g/mol. The molecule has 0 radical (unpaired) electrons. The van der Waals surface area contributed by atoms with Gasteiger partial charge in [0.05, 0.1) is 13.3 Å². The van der Waals surface area contributed by atoms with Crippen LogP contribution >= 0.6 is 0 Å². The number of ketones is 1. The maximum Gasteiger partial charge on any atom is 0.427 e. The third-order valence-corrected chi connectivity index (χ3v) is 4.12. The molecule has 0 unspecified atom stereocenters. The molecule has 0 saturated carbocycles. The molecule has 0 bridgehead atoms. The van der Waals surface area contributed by atoms with E-state index in [4.69, 9.17) is 4.74 Å². The van der Waals surface area contributed by atoms with E-state index < -0.39 is 11.5 Å². The van der Waals surface area contributed by atoms with Crippen LogP contribution in [0, 0.1) is 0 Å². The molecule has 0 aliphatic rings. The van der Waals surface area contributed by atoms with Gasteiger partial charge in [0.2, 0.25) is 5.78 Å². The highest BCUT2D eigenvalue weighted by molar-refractivity contribution is 5.95. The van der Waals surface area contributed by atoms with Gasteiger partial charge in [0.25, 0.3) is 5.69 Å². The van der Waals surface area contributed by atoms with Crippen molar-refractivity contribution in [2.45, 2.75) is 6.54 Å². The topological polar surface area (TPSA) is 116 Å². The van der Waals surface area contributed by atoms with Crippen molar-refractivity contribution in [3.05, 3.63) is 81.8 Å². The number of aliphatic imine (C=N–C) groups is 1. The Bertz CT molecular complexity index is 1110. The summed E-state index contributed by atoms with van der Waals surface area (Å²) in [4.78, 5) is 29.5. The fraction of sp³-hybridized carbons (Fsp3) is 0.150. The predicted molar refractivity (Wildman–Crippen MR) is 104 cm³/mol. The van der Waals surface area contributed by atoms with E-state index >= 15 is 0 Å². The molecule has 0 spiro atoms. The number of hydrogen-bond acceptors (Lipinski definition) is 6. The Balaban J connectivity index is 1.93. The summed E-state index contributed by atoms with van der Waals surface area (Å²) in [6.45, 7) is -0.235. The average Bonchev–Trinajstić information content (AvgIpc) is 3.07. The lowest BCUT2D eigenvalue weighted by Gasteiger charge is -2.05. The van der Waals surface area contributed by atoms with E-state index in [1.165, 1.54) is 13.3 Å². The number of hydrogen-bond donors (Lipinski definition) is 1. The number of carbonyl (C=O) groups excluding carboxylic acids is 1. The molecule has 0 amide bonds. The van der Waals surface area contributed by atoms with Crippen LogP contribution in [-0.2, 0) is 6.54 Å². The molecule has 0 aliphatic carbocycles. The lowest BCUT2D eigenvalue weighted by atomic mass is 10.1. The van der Waals surface area contributed by atoms with Crippen molar-refractivity contribution in [3.63, 3.8) is 0 Å². The number of methoxy groups -OCH3 is 1. The standard InChI is InChI=1S/C20H19N5O4/c1-21-19(27)18-20(28)25(22-12-14-8-10-16(29-2)11-9-14)23-24(18)13-17(26)15-6-4-3-5-7-15/h3-12H,13H2,1-2H3,(H-,21,23,27,28)/b22-12+. The SMILES string of the molecule is CN=C([O-])c1c(=O)n(/N=C/c2ccc(OC)cc2)[nH][n+]1CC(=O)c1ccccc1. The van der Waals surface area contributed by atoms with Gasteiger partial charge in [-0.3, -0.25) is 9.79 Å². The number of benzene rings is 2. The normalized spacial score (nSPS) is 11.7. The Kier molecular flexibility index (Phi) is 5.98. The summed E-state index contributed by atoms with van der Waals surface area (Å²) >= 11 is 0.